The molecule has 2 aliphatic heterocycles. The molecule has 192 valence electrons. The number of aromatic nitrogens is 2. The second kappa shape index (κ2) is 11.9. The standard InChI is InChI=1S/C24H33N9O3/c1-16(22(25)34)5-4-10-26-24-27-12-21-23(29-24)33(31-30-21)19-8-6-17(7-9-19)18-11-28-32(13-18)20(14-35-2)15-36-3/h6-9,11-13,16,20-21,23H,4-5,10,14-15H2,1-3H3,(H2,25,34)(H,26,29). The van der Waals surface area contributed by atoms with Gasteiger partial charge in [-0.15, -0.1) is 0 Å². The molecule has 0 bridgehead atoms. The van der Waals surface area contributed by atoms with E-state index < -0.39 is 0 Å². The zero-order valence-electron chi connectivity index (χ0n) is 20.8. The first-order chi connectivity index (χ1) is 17.5. The Hall–Kier alpha value is -3.64. The summed E-state index contributed by atoms with van der Waals surface area (Å²) in [5.41, 5.74) is 8.26. The number of carbonyl (C=O) groups excluding carboxylic acids is 1. The van der Waals surface area contributed by atoms with Crippen molar-refractivity contribution in [2.24, 2.45) is 32.0 Å². The van der Waals surface area contributed by atoms with Crippen molar-refractivity contribution in [3.05, 3.63) is 36.7 Å². The Bertz CT molecular complexity index is 1110. The fourth-order valence-corrected chi connectivity index (χ4v) is 4.06. The molecule has 1 aromatic heterocycles. The Morgan fingerprint density at radius 1 is 1.19 bits per heavy atom. The zero-order valence-corrected chi connectivity index (χ0v) is 20.8. The number of nitrogens with one attached hydrogen (secondary N) is 1. The number of fused-ring (bicyclic) bond motifs is 1. The van der Waals surface area contributed by atoms with E-state index in [1.54, 1.807) is 20.4 Å². The summed E-state index contributed by atoms with van der Waals surface area (Å²) in [5.74, 6) is 0.0890. The summed E-state index contributed by atoms with van der Waals surface area (Å²) < 4.78 is 12.4. The van der Waals surface area contributed by atoms with Gasteiger partial charge in [-0.2, -0.15) is 10.2 Å². The van der Waals surface area contributed by atoms with Crippen LogP contribution in [0.15, 0.2) is 57.0 Å². The van der Waals surface area contributed by atoms with Gasteiger partial charge in [0, 0.05) is 44.7 Å². The van der Waals surface area contributed by atoms with Gasteiger partial charge >= 0.3 is 0 Å². The van der Waals surface area contributed by atoms with Crippen molar-refractivity contribution in [2.75, 3.05) is 39.0 Å². The lowest BCUT2D eigenvalue weighted by Crippen LogP contribution is -2.52. The quantitative estimate of drug-likeness (QED) is 0.432. The summed E-state index contributed by atoms with van der Waals surface area (Å²) >= 11 is 0. The van der Waals surface area contributed by atoms with Crippen LogP contribution in [0.25, 0.3) is 11.1 Å². The van der Waals surface area contributed by atoms with E-state index in [0.717, 1.165) is 23.2 Å². The third-order valence-corrected chi connectivity index (χ3v) is 6.20. The summed E-state index contributed by atoms with van der Waals surface area (Å²) in [5, 5.41) is 18.3. The van der Waals surface area contributed by atoms with Crippen molar-refractivity contribution in [3.8, 4) is 11.1 Å². The molecule has 2 aromatic rings. The minimum Gasteiger partial charge on any atom is -0.382 e. The summed E-state index contributed by atoms with van der Waals surface area (Å²) in [6, 6.07) is 7.89. The summed E-state index contributed by atoms with van der Waals surface area (Å²) in [7, 11) is 3.34. The molecule has 0 saturated heterocycles. The molecule has 3 heterocycles. The minimum absolute atomic E-state index is 0.0106. The smallest absolute Gasteiger partial charge is 0.220 e. The molecule has 4 rings (SSSR count). The van der Waals surface area contributed by atoms with Gasteiger partial charge in [0.05, 0.1) is 31.1 Å². The fraction of sp³-hybridized carbons (Fsp3) is 0.500. The average molecular weight is 496 g/mol. The van der Waals surface area contributed by atoms with Gasteiger partial charge in [0.2, 0.25) is 11.9 Å². The van der Waals surface area contributed by atoms with Crippen LogP contribution in [0.5, 0.6) is 0 Å². The lowest BCUT2D eigenvalue weighted by atomic mass is 10.1. The highest BCUT2D eigenvalue weighted by atomic mass is 16.5. The molecule has 0 fully saturated rings. The summed E-state index contributed by atoms with van der Waals surface area (Å²) in [6.07, 6.45) is 6.84. The molecule has 12 heteroatoms. The molecule has 3 unspecified atom stereocenters. The van der Waals surface area contributed by atoms with Crippen molar-refractivity contribution in [1.29, 1.82) is 0 Å². The third kappa shape index (κ3) is 5.94. The molecule has 0 saturated carbocycles. The van der Waals surface area contributed by atoms with Crippen LogP contribution >= 0.6 is 0 Å². The number of anilines is 1. The number of carbonyl (C=O) groups is 1. The molecule has 0 aliphatic carbocycles. The van der Waals surface area contributed by atoms with Gasteiger partial charge in [-0.3, -0.25) is 14.5 Å². The molecule has 2 aliphatic rings. The molecular weight excluding hydrogens is 462 g/mol. The van der Waals surface area contributed by atoms with Gasteiger partial charge < -0.3 is 20.5 Å². The Kier molecular flexibility index (Phi) is 8.39. The number of hydrogen-bond donors (Lipinski definition) is 2. The molecule has 36 heavy (non-hydrogen) atoms. The lowest BCUT2D eigenvalue weighted by molar-refractivity contribution is -0.121. The normalized spacial score (nSPS) is 20.7. The van der Waals surface area contributed by atoms with Crippen LogP contribution in [0, 0.1) is 5.92 Å². The topological polar surface area (TPSA) is 144 Å². The van der Waals surface area contributed by atoms with Gasteiger partial charge in [-0.25, -0.2) is 10.0 Å². The van der Waals surface area contributed by atoms with Crippen LogP contribution in [0.3, 0.4) is 0 Å². The minimum atomic E-state index is -0.287. The number of nitrogens with zero attached hydrogens (tertiary/aromatic N) is 7. The molecule has 0 radical (unpaired) electrons. The van der Waals surface area contributed by atoms with E-state index in [-0.39, 0.29) is 30.1 Å². The monoisotopic (exact) mass is 495 g/mol. The van der Waals surface area contributed by atoms with Gasteiger partial charge in [-0.1, -0.05) is 24.3 Å². The van der Waals surface area contributed by atoms with E-state index in [2.05, 4.69) is 30.7 Å². The van der Waals surface area contributed by atoms with E-state index in [1.807, 2.05) is 53.3 Å². The van der Waals surface area contributed by atoms with Crippen LogP contribution in [0.1, 0.15) is 25.8 Å². The molecule has 3 atom stereocenters. The Morgan fingerprint density at radius 3 is 2.64 bits per heavy atom. The number of methoxy groups -OCH3 is 2. The van der Waals surface area contributed by atoms with Crippen molar-refractivity contribution < 1.29 is 14.3 Å². The van der Waals surface area contributed by atoms with E-state index >= 15 is 0 Å². The van der Waals surface area contributed by atoms with Crippen LogP contribution in [0.4, 0.5) is 5.69 Å². The first kappa shape index (κ1) is 25.5. The van der Waals surface area contributed by atoms with Gasteiger partial charge in [0.1, 0.15) is 6.04 Å². The number of nitrogens with two attached hydrogens (primary N) is 1. The highest BCUT2D eigenvalue weighted by Crippen LogP contribution is 2.28. The maximum absolute atomic E-state index is 11.2. The van der Waals surface area contributed by atoms with Crippen molar-refractivity contribution in [3.63, 3.8) is 0 Å². The SMILES string of the molecule is COCC(COC)n1cc(-c2ccc(N3N=NC4C=NC(=NCCCC(C)C(N)=O)NC43)cc2)cn1. The van der Waals surface area contributed by atoms with Gasteiger partial charge in [-0.05, 0) is 30.5 Å². The predicted octanol–water partition coefficient (Wildman–Crippen LogP) is 2.20. The van der Waals surface area contributed by atoms with Crippen LogP contribution < -0.4 is 16.1 Å². The predicted molar refractivity (Wildman–Crippen MR) is 137 cm³/mol. The first-order valence-corrected chi connectivity index (χ1v) is 12.0. The fourth-order valence-electron chi connectivity index (χ4n) is 4.06. The number of benzene rings is 1. The van der Waals surface area contributed by atoms with E-state index in [1.165, 1.54) is 0 Å². The zero-order chi connectivity index (χ0) is 25.5. The maximum atomic E-state index is 11.2. The van der Waals surface area contributed by atoms with Crippen molar-refractivity contribution in [2.45, 2.75) is 38.0 Å². The number of guanidine groups is 1. The molecule has 12 nitrogen and oxygen atoms in total. The average Bonchev–Trinajstić information content (AvgIpc) is 3.54. The summed E-state index contributed by atoms with van der Waals surface area (Å²) in [6.45, 7) is 3.42. The molecule has 1 amide bonds. The highest BCUT2D eigenvalue weighted by molar-refractivity contribution is 5.93. The number of ether oxygens (including phenoxy) is 2. The number of aliphatic imine (C=N–C) groups is 2. The number of primary amides is 1. The van der Waals surface area contributed by atoms with Crippen molar-refractivity contribution >= 4 is 23.8 Å². The lowest BCUT2D eigenvalue weighted by Gasteiger charge is -2.28. The summed E-state index contributed by atoms with van der Waals surface area (Å²) in [4.78, 5) is 20.1. The molecule has 0 spiro atoms. The Labute approximate surface area is 210 Å². The van der Waals surface area contributed by atoms with Crippen LogP contribution in [0.2, 0.25) is 0 Å². The second-order valence-corrected chi connectivity index (χ2v) is 8.88. The van der Waals surface area contributed by atoms with Crippen molar-refractivity contribution in [1.82, 2.24) is 15.1 Å². The second-order valence-electron chi connectivity index (χ2n) is 8.88. The molecular formula is C24H33N9O3. The van der Waals surface area contributed by atoms with Crippen LogP contribution in [-0.4, -0.2) is 74.0 Å². The van der Waals surface area contributed by atoms with Crippen LogP contribution in [-0.2, 0) is 14.3 Å². The van der Waals surface area contributed by atoms with E-state index in [0.29, 0.717) is 32.1 Å². The maximum Gasteiger partial charge on any atom is 0.220 e. The molecule has 1 aromatic carbocycles. The van der Waals surface area contributed by atoms with E-state index in [4.69, 9.17) is 15.2 Å². The Balaban J connectivity index is 1.39. The number of hydrogen-bond acceptors (Lipinski definition) is 8. The van der Waals surface area contributed by atoms with Gasteiger partial charge in [0.25, 0.3) is 0 Å². The number of rotatable bonds is 12. The van der Waals surface area contributed by atoms with E-state index in [9.17, 15) is 4.79 Å². The van der Waals surface area contributed by atoms with Gasteiger partial charge in [0.15, 0.2) is 6.17 Å². The molecule has 3 N–H and O–H groups in total. The Morgan fingerprint density at radius 2 is 1.94 bits per heavy atom. The number of amides is 1. The first-order valence-electron chi connectivity index (χ1n) is 12.0. The highest BCUT2D eigenvalue weighted by Gasteiger charge is 2.35. The largest absolute Gasteiger partial charge is 0.382 e. The third-order valence-electron chi connectivity index (χ3n) is 6.20.